The lowest BCUT2D eigenvalue weighted by Gasteiger charge is -2.00. The van der Waals surface area contributed by atoms with E-state index in [1.165, 1.54) is 0 Å². The minimum atomic E-state index is -0.0742. The van der Waals surface area contributed by atoms with Crippen LogP contribution in [0.3, 0.4) is 0 Å². The first kappa shape index (κ1) is 12.3. The van der Waals surface area contributed by atoms with Crippen molar-refractivity contribution in [1.29, 1.82) is 0 Å². The van der Waals surface area contributed by atoms with Crippen LogP contribution >= 0.6 is 0 Å². The number of hydrogen-bond acceptors (Lipinski definition) is 4. The maximum atomic E-state index is 8.86. The van der Waals surface area contributed by atoms with Gasteiger partial charge in [0.05, 0.1) is 13.2 Å². The van der Waals surface area contributed by atoms with Gasteiger partial charge in [-0.1, -0.05) is 0 Å². The molecule has 0 aromatic carbocycles. The van der Waals surface area contributed by atoms with Crippen LogP contribution in [0.4, 0.5) is 0 Å². The van der Waals surface area contributed by atoms with Crippen LogP contribution in [-0.4, -0.2) is 40.9 Å². The summed E-state index contributed by atoms with van der Waals surface area (Å²) >= 11 is 0. The lowest BCUT2D eigenvalue weighted by molar-refractivity contribution is 0.280. The van der Waals surface area contributed by atoms with Crippen LogP contribution in [0.15, 0.2) is 16.8 Å². The third-order valence-electron chi connectivity index (χ3n) is 1.56. The first-order valence-corrected chi connectivity index (χ1v) is 4.28. The van der Waals surface area contributed by atoms with Gasteiger partial charge in [0.1, 0.15) is 0 Å². The Labute approximate surface area is 78.2 Å². The summed E-state index contributed by atoms with van der Waals surface area (Å²) in [6, 6.07) is 0. The molecule has 13 heavy (non-hydrogen) atoms. The zero-order chi connectivity index (χ0) is 10.1. The summed E-state index contributed by atoms with van der Waals surface area (Å²) in [5.41, 5.74) is 1.37. The van der Waals surface area contributed by atoms with Gasteiger partial charge in [0, 0.05) is 18.5 Å². The summed E-state index contributed by atoms with van der Waals surface area (Å²) in [6.45, 7) is 1.69. The zero-order valence-corrected chi connectivity index (χ0v) is 7.90. The molecule has 0 amide bonds. The molecule has 0 aromatic heterocycles. The molecule has 0 aromatic rings. The van der Waals surface area contributed by atoms with E-state index in [-0.39, 0.29) is 19.8 Å². The monoisotopic (exact) mass is 187 g/mol. The van der Waals surface area contributed by atoms with Crippen LogP contribution in [0.2, 0.25) is 0 Å². The summed E-state index contributed by atoms with van der Waals surface area (Å²) in [7, 11) is 0. The quantitative estimate of drug-likeness (QED) is 0.516. The molecule has 0 spiro atoms. The highest BCUT2D eigenvalue weighted by atomic mass is 16.3. The van der Waals surface area contributed by atoms with Crippen LogP contribution < -0.4 is 0 Å². The van der Waals surface area contributed by atoms with Gasteiger partial charge in [-0.15, -0.1) is 0 Å². The third kappa shape index (κ3) is 6.45. The van der Waals surface area contributed by atoms with E-state index in [1.807, 2.05) is 0 Å². The molecule has 4 nitrogen and oxygen atoms in total. The molecule has 4 heteroatoms. The smallest absolute Gasteiger partial charge is 0.0810 e. The molecule has 0 heterocycles. The fourth-order valence-electron chi connectivity index (χ4n) is 0.733. The fraction of sp³-hybridized carbons (Fsp3) is 0.667. The molecule has 0 unspecified atom stereocenters. The minimum absolute atomic E-state index is 0.0534. The van der Waals surface area contributed by atoms with E-state index in [4.69, 9.17) is 15.3 Å². The molecule has 0 aliphatic heterocycles. The van der Waals surface area contributed by atoms with Crippen LogP contribution in [-0.2, 0) is 0 Å². The van der Waals surface area contributed by atoms with Crippen LogP contribution in [0.1, 0.15) is 19.8 Å². The van der Waals surface area contributed by atoms with Gasteiger partial charge in [0.25, 0.3) is 0 Å². The van der Waals surface area contributed by atoms with Crippen molar-refractivity contribution < 1.29 is 15.3 Å². The molecule has 3 N–H and O–H groups in total. The Morgan fingerprint density at radius 3 is 2.38 bits per heavy atom. The first-order valence-electron chi connectivity index (χ1n) is 4.28. The van der Waals surface area contributed by atoms with E-state index < -0.39 is 0 Å². The predicted octanol–water partition coefficient (Wildman–Crippen LogP) is 0.0883. The molecule has 0 saturated heterocycles. The predicted molar refractivity (Wildman–Crippen MR) is 51.7 cm³/mol. The van der Waals surface area contributed by atoms with Gasteiger partial charge in [-0.25, -0.2) is 0 Å². The molecule has 0 rings (SSSR count). The van der Waals surface area contributed by atoms with E-state index in [2.05, 4.69) is 4.99 Å². The summed E-state index contributed by atoms with van der Waals surface area (Å²) in [5.74, 6) is 0. The molecule has 0 radical (unpaired) electrons. The second kappa shape index (κ2) is 7.91. The highest BCUT2D eigenvalue weighted by Gasteiger charge is 1.94. The maximum absolute atomic E-state index is 8.86. The Balaban J connectivity index is 4.05. The number of rotatable bonds is 6. The lowest BCUT2D eigenvalue weighted by atomic mass is 10.2. The van der Waals surface area contributed by atoms with Crippen molar-refractivity contribution in [1.82, 2.24) is 0 Å². The minimum Gasteiger partial charge on any atom is -0.396 e. The molecular weight excluding hydrogens is 170 g/mol. The second-order valence-electron chi connectivity index (χ2n) is 2.80. The fourth-order valence-corrected chi connectivity index (χ4v) is 0.733. The SMILES string of the molecule is C/C(CO)=N/C=C(/CO)CCCO. The lowest BCUT2D eigenvalue weighted by Crippen LogP contribution is -1.97. The summed E-state index contributed by atoms with van der Waals surface area (Å²) in [5, 5.41) is 26.0. The van der Waals surface area contributed by atoms with Gasteiger partial charge in [-0.05, 0) is 25.3 Å². The van der Waals surface area contributed by atoms with Crippen LogP contribution in [0, 0.1) is 0 Å². The molecular formula is C9H17NO3. The van der Waals surface area contributed by atoms with Crippen molar-refractivity contribution in [3.63, 3.8) is 0 Å². The first-order chi connectivity index (χ1) is 6.24. The molecule has 0 saturated carbocycles. The van der Waals surface area contributed by atoms with Gasteiger partial charge in [-0.3, -0.25) is 4.99 Å². The van der Waals surface area contributed by atoms with Crippen molar-refractivity contribution >= 4 is 5.71 Å². The van der Waals surface area contributed by atoms with Crippen molar-refractivity contribution in [3.8, 4) is 0 Å². The number of hydrogen-bond donors (Lipinski definition) is 3. The van der Waals surface area contributed by atoms with Crippen molar-refractivity contribution in [3.05, 3.63) is 11.8 Å². The van der Waals surface area contributed by atoms with E-state index >= 15 is 0 Å². The van der Waals surface area contributed by atoms with E-state index in [0.29, 0.717) is 18.6 Å². The average molecular weight is 187 g/mol. The second-order valence-corrected chi connectivity index (χ2v) is 2.80. The Hall–Kier alpha value is -0.710. The van der Waals surface area contributed by atoms with Crippen molar-refractivity contribution in [2.24, 2.45) is 4.99 Å². The Morgan fingerprint density at radius 1 is 1.23 bits per heavy atom. The Bertz CT molecular complexity index is 187. The number of nitrogens with zero attached hydrogens (tertiary/aromatic N) is 1. The normalized spacial score (nSPS) is 13.5. The number of aliphatic imine (C=N–C) groups is 1. The summed E-state index contributed by atoms with van der Waals surface area (Å²) in [4.78, 5) is 3.93. The van der Waals surface area contributed by atoms with Gasteiger partial charge >= 0.3 is 0 Å². The molecule has 0 bridgehead atoms. The highest BCUT2D eigenvalue weighted by Crippen LogP contribution is 2.03. The molecule has 76 valence electrons. The highest BCUT2D eigenvalue weighted by molar-refractivity contribution is 5.83. The largest absolute Gasteiger partial charge is 0.396 e. The third-order valence-corrected chi connectivity index (χ3v) is 1.56. The van der Waals surface area contributed by atoms with Gasteiger partial charge in [-0.2, -0.15) is 0 Å². The van der Waals surface area contributed by atoms with Gasteiger partial charge in [0.2, 0.25) is 0 Å². The average Bonchev–Trinajstić information content (AvgIpc) is 2.17. The summed E-state index contributed by atoms with van der Waals surface area (Å²) in [6.07, 6.45) is 2.80. The molecule has 0 atom stereocenters. The number of aliphatic hydroxyl groups is 3. The van der Waals surface area contributed by atoms with Gasteiger partial charge < -0.3 is 15.3 Å². The molecule has 0 fully saturated rings. The van der Waals surface area contributed by atoms with Crippen LogP contribution in [0.5, 0.6) is 0 Å². The molecule has 0 aliphatic carbocycles. The standard InChI is InChI=1S/C9H17NO3/c1-8(6-12)10-5-9(7-13)3-2-4-11/h5,11-13H,2-4,6-7H2,1H3/b9-5+,10-8-. The van der Waals surface area contributed by atoms with E-state index in [0.717, 1.165) is 5.57 Å². The zero-order valence-electron chi connectivity index (χ0n) is 7.90. The van der Waals surface area contributed by atoms with E-state index in [1.54, 1.807) is 13.1 Å². The van der Waals surface area contributed by atoms with E-state index in [9.17, 15) is 0 Å². The van der Waals surface area contributed by atoms with Crippen molar-refractivity contribution in [2.75, 3.05) is 19.8 Å². The number of aliphatic hydroxyl groups excluding tert-OH is 3. The Kier molecular flexibility index (Phi) is 7.48. The van der Waals surface area contributed by atoms with Crippen LogP contribution in [0.25, 0.3) is 0 Å². The summed E-state index contributed by atoms with van der Waals surface area (Å²) < 4.78 is 0. The van der Waals surface area contributed by atoms with Crippen molar-refractivity contribution in [2.45, 2.75) is 19.8 Å². The topological polar surface area (TPSA) is 73.1 Å². The Morgan fingerprint density at radius 2 is 1.92 bits per heavy atom. The maximum Gasteiger partial charge on any atom is 0.0810 e. The molecule has 0 aliphatic rings. The van der Waals surface area contributed by atoms with Gasteiger partial charge in [0.15, 0.2) is 0 Å².